The second-order valence-corrected chi connectivity index (χ2v) is 6.26. The van der Waals surface area contributed by atoms with Crippen molar-refractivity contribution < 1.29 is 9.53 Å². The van der Waals surface area contributed by atoms with Gasteiger partial charge in [-0.2, -0.15) is 0 Å². The van der Waals surface area contributed by atoms with E-state index in [1.807, 2.05) is 6.92 Å². The highest BCUT2D eigenvalue weighted by atomic mass is 35.5. The molecule has 1 amide bonds. The van der Waals surface area contributed by atoms with Gasteiger partial charge in [0.25, 0.3) is 0 Å². The largest absolute Gasteiger partial charge is 0.495 e. The molecule has 0 saturated heterocycles. The highest BCUT2D eigenvalue weighted by Crippen LogP contribution is 2.40. The van der Waals surface area contributed by atoms with E-state index in [2.05, 4.69) is 5.32 Å². The molecule has 0 unspecified atom stereocenters. The lowest BCUT2D eigenvalue weighted by molar-refractivity contribution is -0.122. The maximum Gasteiger partial charge on any atom is 0.237 e. The third kappa shape index (κ3) is 2.99. The van der Waals surface area contributed by atoms with E-state index >= 15 is 0 Å². The molecule has 114 valence electrons. The maximum absolute atomic E-state index is 12.7. The molecule has 0 aromatic heterocycles. The van der Waals surface area contributed by atoms with Gasteiger partial charge in [-0.1, -0.05) is 36.7 Å². The van der Waals surface area contributed by atoms with Crippen molar-refractivity contribution in [3.63, 3.8) is 0 Å². The van der Waals surface area contributed by atoms with Crippen LogP contribution in [0.25, 0.3) is 0 Å². The molecule has 21 heavy (non-hydrogen) atoms. The molecular weight excluding hydrogens is 308 g/mol. The highest BCUT2D eigenvalue weighted by molar-refractivity contribution is 7.80. The Hall–Kier alpha value is -1.33. The molecule has 1 fully saturated rings. The van der Waals surface area contributed by atoms with Crippen molar-refractivity contribution >= 4 is 40.4 Å². The van der Waals surface area contributed by atoms with Crippen molar-refractivity contribution in [2.75, 3.05) is 12.4 Å². The summed E-state index contributed by atoms with van der Waals surface area (Å²) in [5, 5.41) is 3.50. The van der Waals surface area contributed by atoms with Gasteiger partial charge in [0.2, 0.25) is 5.91 Å². The average Bonchev–Trinajstić information content (AvgIpc) is 2.93. The van der Waals surface area contributed by atoms with Crippen LogP contribution in [0.4, 0.5) is 5.69 Å². The molecule has 0 spiro atoms. The summed E-state index contributed by atoms with van der Waals surface area (Å²) in [4.78, 5) is 12.9. The number of ether oxygens (including phenoxy) is 1. The fourth-order valence-corrected chi connectivity index (χ4v) is 3.19. The third-order valence-corrected chi connectivity index (χ3v) is 4.89. The van der Waals surface area contributed by atoms with E-state index in [0.29, 0.717) is 29.3 Å². The lowest BCUT2D eigenvalue weighted by Crippen LogP contribution is -2.44. The Morgan fingerprint density at radius 3 is 2.57 bits per heavy atom. The molecule has 3 N–H and O–H groups in total. The number of carbonyl (C=O) groups is 1. The van der Waals surface area contributed by atoms with Gasteiger partial charge in [-0.05, 0) is 31.4 Å². The van der Waals surface area contributed by atoms with Crippen LogP contribution in [0.3, 0.4) is 0 Å². The number of benzene rings is 1. The van der Waals surface area contributed by atoms with Crippen LogP contribution in [-0.4, -0.2) is 18.0 Å². The van der Waals surface area contributed by atoms with Gasteiger partial charge in [0.15, 0.2) is 0 Å². The molecule has 0 aliphatic heterocycles. The molecule has 0 bridgehead atoms. The minimum absolute atomic E-state index is 0.160. The summed E-state index contributed by atoms with van der Waals surface area (Å²) in [5.41, 5.74) is 6.54. The topological polar surface area (TPSA) is 64.3 Å². The molecule has 0 heterocycles. The van der Waals surface area contributed by atoms with Gasteiger partial charge in [0.1, 0.15) is 5.75 Å². The fraction of sp³-hybridized carbons (Fsp3) is 0.467. The van der Waals surface area contributed by atoms with Crippen LogP contribution in [0, 0.1) is 12.3 Å². The minimum Gasteiger partial charge on any atom is -0.495 e. The van der Waals surface area contributed by atoms with Gasteiger partial charge in [-0.25, -0.2) is 0 Å². The number of halogens is 1. The Balaban J connectivity index is 2.31. The van der Waals surface area contributed by atoms with Crippen LogP contribution in [0.1, 0.15) is 31.2 Å². The molecule has 6 heteroatoms. The summed E-state index contributed by atoms with van der Waals surface area (Å²) < 4.78 is 5.27. The van der Waals surface area contributed by atoms with Gasteiger partial charge in [0, 0.05) is 11.1 Å². The molecule has 1 aromatic carbocycles. The Bertz CT molecular complexity index is 583. The number of rotatable bonds is 4. The third-order valence-electron chi connectivity index (χ3n) is 4.09. The SMILES string of the molecule is COc1cc(Cl)c(C)cc1NC(=O)C1(C(N)=S)CCCC1. The summed E-state index contributed by atoms with van der Waals surface area (Å²) >= 11 is 11.2. The molecular formula is C15H19ClN2O2S. The lowest BCUT2D eigenvalue weighted by atomic mass is 9.85. The van der Waals surface area contributed by atoms with E-state index in [1.54, 1.807) is 12.1 Å². The molecule has 0 radical (unpaired) electrons. The first-order valence-electron chi connectivity index (χ1n) is 6.86. The molecule has 2 rings (SSSR count). The lowest BCUT2D eigenvalue weighted by Gasteiger charge is -2.26. The van der Waals surface area contributed by atoms with Crippen molar-refractivity contribution in [2.45, 2.75) is 32.6 Å². The van der Waals surface area contributed by atoms with Crippen molar-refractivity contribution in [3.05, 3.63) is 22.7 Å². The zero-order valence-corrected chi connectivity index (χ0v) is 13.7. The summed E-state index contributed by atoms with van der Waals surface area (Å²) in [6.45, 7) is 1.87. The summed E-state index contributed by atoms with van der Waals surface area (Å²) in [6.07, 6.45) is 3.31. The molecule has 0 atom stereocenters. The zero-order valence-electron chi connectivity index (χ0n) is 12.2. The Morgan fingerprint density at radius 2 is 2.05 bits per heavy atom. The van der Waals surface area contributed by atoms with Crippen LogP contribution in [-0.2, 0) is 4.79 Å². The van der Waals surface area contributed by atoms with Crippen LogP contribution in [0.5, 0.6) is 5.75 Å². The van der Waals surface area contributed by atoms with E-state index in [4.69, 9.17) is 34.3 Å². The average molecular weight is 327 g/mol. The minimum atomic E-state index is -0.742. The van der Waals surface area contributed by atoms with Crippen LogP contribution < -0.4 is 15.8 Å². The molecule has 1 aliphatic carbocycles. The predicted octanol–water partition coefficient (Wildman–Crippen LogP) is 3.44. The van der Waals surface area contributed by atoms with Gasteiger partial charge in [-0.15, -0.1) is 0 Å². The fourth-order valence-electron chi connectivity index (χ4n) is 2.74. The summed E-state index contributed by atoms with van der Waals surface area (Å²) in [5.74, 6) is 0.363. The van der Waals surface area contributed by atoms with Gasteiger partial charge < -0.3 is 15.8 Å². The van der Waals surface area contributed by atoms with Crippen LogP contribution >= 0.6 is 23.8 Å². The van der Waals surface area contributed by atoms with E-state index in [1.165, 1.54) is 7.11 Å². The van der Waals surface area contributed by atoms with Crippen molar-refractivity contribution in [1.82, 2.24) is 0 Å². The Labute approximate surface area is 135 Å². The number of amides is 1. The number of carbonyl (C=O) groups excluding carboxylic acids is 1. The molecule has 1 aliphatic rings. The summed E-state index contributed by atoms with van der Waals surface area (Å²) in [7, 11) is 1.54. The number of hydrogen-bond acceptors (Lipinski definition) is 3. The second kappa shape index (κ2) is 6.20. The number of aryl methyl sites for hydroxylation is 1. The van der Waals surface area contributed by atoms with E-state index in [0.717, 1.165) is 18.4 Å². The smallest absolute Gasteiger partial charge is 0.237 e. The molecule has 1 aromatic rings. The van der Waals surface area contributed by atoms with E-state index in [-0.39, 0.29) is 10.9 Å². The van der Waals surface area contributed by atoms with Gasteiger partial charge in [0.05, 0.1) is 23.2 Å². The highest BCUT2D eigenvalue weighted by Gasteiger charge is 2.44. The molecule has 1 saturated carbocycles. The number of hydrogen-bond donors (Lipinski definition) is 2. The first-order valence-corrected chi connectivity index (χ1v) is 7.65. The first-order chi connectivity index (χ1) is 9.90. The first kappa shape index (κ1) is 16.0. The van der Waals surface area contributed by atoms with Crippen LogP contribution in [0.15, 0.2) is 12.1 Å². The predicted molar refractivity (Wildman–Crippen MR) is 89.1 cm³/mol. The number of anilines is 1. The van der Waals surface area contributed by atoms with Gasteiger partial charge in [-0.3, -0.25) is 4.79 Å². The van der Waals surface area contributed by atoms with Crippen molar-refractivity contribution in [1.29, 1.82) is 0 Å². The van der Waals surface area contributed by atoms with Crippen LogP contribution in [0.2, 0.25) is 5.02 Å². The normalized spacial score (nSPS) is 16.5. The quantitative estimate of drug-likeness (QED) is 0.832. The van der Waals surface area contributed by atoms with Gasteiger partial charge >= 0.3 is 0 Å². The van der Waals surface area contributed by atoms with E-state index in [9.17, 15) is 4.79 Å². The number of methoxy groups -OCH3 is 1. The number of nitrogens with one attached hydrogen (secondary N) is 1. The monoisotopic (exact) mass is 326 g/mol. The molecule has 4 nitrogen and oxygen atoms in total. The standard InChI is InChI=1S/C15H19ClN2O2S/c1-9-7-11(12(20-2)8-10(9)16)18-14(19)15(13(17)21)5-3-4-6-15/h7-8H,3-6H2,1-2H3,(H2,17,21)(H,18,19). The second-order valence-electron chi connectivity index (χ2n) is 5.41. The Morgan fingerprint density at radius 1 is 1.43 bits per heavy atom. The van der Waals surface area contributed by atoms with Crippen molar-refractivity contribution in [2.24, 2.45) is 11.1 Å². The zero-order chi connectivity index (χ0) is 15.6. The number of thiocarbonyl (C=S) groups is 1. The summed E-state index contributed by atoms with van der Waals surface area (Å²) in [6, 6.07) is 3.48. The van der Waals surface area contributed by atoms with Crippen molar-refractivity contribution in [3.8, 4) is 5.75 Å². The number of nitrogens with two attached hydrogens (primary N) is 1. The van der Waals surface area contributed by atoms with E-state index < -0.39 is 5.41 Å². The Kier molecular flexibility index (Phi) is 4.74. The maximum atomic E-state index is 12.7.